The van der Waals surface area contributed by atoms with Crippen LogP contribution in [0, 0.1) is 13.8 Å². The van der Waals surface area contributed by atoms with Gasteiger partial charge in [0.1, 0.15) is 0 Å². The van der Waals surface area contributed by atoms with Crippen molar-refractivity contribution in [3.05, 3.63) is 46.2 Å². The summed E-state index contributed by atoms with van der Waals surface area (Å²) in [5, 5.41) is 17.0. The first kappa shape index (κ1) is 15.5. The summed E-state index contributed by atoms with van der Waals surface area (Å²) in [6, 6.07) is 7.50. The van der Waals surface area contributed by atoms with Gasteiger partial charge >= 0.3 is 5.97 Å². The fourth-order valence-corrected chi connectivity index (χ4v) is 2.30. The third-order valence-corrected chi connectivity index (χ3v) is 3.58. The van der Waals surface area contributed by atoms with Gasteiger partial charge in [-0.15, -0.1) is 0 Å². The summed E-state index contributed by atoms with van der Waals surface area (Å²) in [6.07, 6.45) is 0.115. The first-order valence-corrected chi connectivity index (χ1v) is 7.10. The average Bonchev–Trinajstić information content (AvgIpc) is 2.71. The molecule has 2 N–H and O–H groups in total. The molecule has 0 aliphatic heterocycles. The lowest BCUT2D eigenvalue weighted by atomic mass is 10.2. The van der Waals surface area contributed by atoms with Crippen LogP contribution in [0.3, 0.4) is 0 Å². The van der Waals surface area contributed by atoms with Crippen LogP contribution in [0.4, 0.5) is 0 Å². The fourth-order valence-electron chi connectivity index (χ4n) is 2.17. The van der Waals surface area contributed by atoms with Crippen LogP contribution in [0.25, 0.3) is 5.69 Å². The zero-order valence-electron chi connectivity index (χ0n) is 12.1. The van der Waals surface area contributed by atoms with E-state index in [4.69, 9.17) is 16.7 Å². The topological polar surface area (TPSA) is 67.2 Å². The first-order chi connectivity index (χ1) is 9.99. The monoisotopic (exact) mass is 307 g/mol. The van der Waals surface area contributed by atoms with Crippen LogP contribution in [0.5, 0.6) is 0 Å². The van der Waals surface area contributed by atoms with E-state index in [9.17, 15) is 4.79 Å². The van der Waals surface area contributed by atoms with Crippen molar-refractivity contribution in [2.45, 2.75) is 26.8 Å². The van der Waals surface area contributed by atoms with Crippen LogP contribution in [0.15, 0.2) is 24.3 Å². The minimum atomic E-state index is -0.798. The van der Waals surface area contributed by atoms with Crippen LogP contribution < -0.4 is 5.32 Å². The van der Waals surface area contributed by atoms with E-state index in [0.29, 0.717) is 18.1 Å². The Labute approximate surface area is 128 Å². The van der Waals surface area contributed by atoms with E-state index < -0.39 is 5.97 Å². The second-order valence-corrected chi connectivity index (χ2v) is 5.29. The largest absolute Gasteiger partial charge is 0.481 e. The van der Waals surface area contributed by atoms with Gasteiger partial charge in [-0.05, 0) is 38.1 Å². The lowest BCUT2D eigenvalue weighted by Crippen LogP contribution is -2.18. The van der Waals surface area contributed by atoms with Crippen molar-refractivity contribution in [2.75, 3.05) is 6.54 Å². The van der Waals surface area contributed by atoms with Crippen molar-refractivity contribution in [1.29, 1.82) is 0 Å². The summed E-state index contributed by atoms with van der Waals surface area (Å²) in [7, 11) is 0. The van der Waals surface area contributed by atoms with E-state index >= 15 is 0 Å². The highest BCUT2D eigenvalue weighted by atomic mass is 35.5. The van der Waals surface area contributed by atoms with E-state index in [1.165, 1.54) is 0 Å². The molecule has 112 valence electrons. The molecule has 0 amide bonds. The maximum atomic E-state index is 10.5. The molecular formula is C15H18ClN3O2. The molecule has 0 saturated carbocycles. The van der Waals surface area contributed by atoms with Crippen molar-refractivity contribution in [1.82, 2.24) is 15.1 Å². The summed E-state index contributed by atoms with van der Waals surface area (Å²) < 4.78 is 1.87. The van der Waals surface area contributed by atoms with E-state index in [1.54, 1.807) is 0 Å². The van der Waals surface area contributed by atoms with Gasteiger partial charge in [-0.3, -0.25) is 4.79 Å². The third kappa shape index (κ3) is 3.83. The average molecular weight is 308 g/mol. The van der Waals surface area contributed by atoms with Gasteiger partial charge in [0.05, 0.1) is 17.8 Å². The molecule has 0 spiro atoms. The van der Waals surface area contributed by atoms with Crippen LogP contribution in [-0.4, -0.2) is 27.4 Å². The van der Waals surface area contributed by atoms with Crippen LogP contribution in [0.2, 0.25) is 5.02 Å². The van der Waals surface area contributed by atoms with Crippen LogP contribution in [-0.2, 0) is 11.3 Å². The Morgan fingerprint density at radius 3 is 2.62 bits per heavy atom. The Kier molecular flexibility index (Phi) is 4.98. The van der Waals surface area contributed by atoms with Crippen LogP contribution >= 0.6 is 11.6 Å². The molecule has 5 nitrogen and oxygen atoms in total. The Morgan fingerprint density at radius 1 is 1.33 bits per heavy atom. The summed E-state index contributed by atoms with van der Waals surface area (Å²) in [5.74, 6) is -0.798. The Hall–Kier alpha value is -1.85. The third-order valence-electron chi connectivity index (χ3n) is 3.33. The molecule has 21 heavy (non-hydrogen) atoms. The van der Waals surface area contributed by atoms with Gasteiger partial charge < -0.3 is 10.4 Å². The number of benzene rings is 1. The molecule has 0 unspecified atom stereocenters. The number of aromatic nitrogens is 2. The van der Waals surface area contributed by atoms with Gasteiger partial charge in [-0.1, -0.05) is 11.6 Å². The standard InChI is InChI=1S/C15H18ClN3O2/c1-10-14(9-17-8-7-15(20)21)11(2)19(18-10)13-5-3-12(16)4-6-13/h3-6,17H,7-9H2,1-2H3,(H,20,21). The number of nitrogens with one attached hydrogen (secondary N) is 1. The molecule has 0 saturated heterocycles. The van der Waals surface area contributed by atoms with Crippen LogP contribution in [0.1, 0.15) is 23.4 Å². The molecule has 0 bridgehead atoms. The zero-order chi connectivity index (χ0) is 15.4. The van der Waals surface area contributed by atoms with Crippen molar-refractivity contribution >= 4 is 17.6 Å². The van der Waals surface area contributed by atoms with Gasteiger partial charge in [0.15, 0.2) is 0 Å². The number of nitrogens with zero attached hydrogens (tertiary/aromatic N) is 2. The smallest absolute Gasteiger partial charge is 0.304 e. The number of hydrogen-bond donors (Lipinski definition) is 2. The number of carboxylic acids is 1. The van der Waals surface area contributed by atoms with Crippen molar-refractivity contribution in [3.8, 4) is 5.69 Å². The molecule has 0 fully saturated rings. The van der Waals surface area contributed by atoms with Gasteiger partial charge in [0, 0.05) is 29.4 Å². The normalized spacial score (nSPS) is 10.8. The molecule has 2 aromatic rings. The quantitative estimate of drug-likeness (QED) is 0.805. The fraction of sp³-hybridized carbons (Fsp3) is 0.333. The number of rotatable bonds is 6. The molecule has 1 aromatic carbocycles. The maximum absolute atomic E-state index is 10.5. The van der Waals surface area contributed by atoms with Gasteiger partial charge in [-0.2, -0.15) is 5.10 Å². The summed E-state index contributed by atoms with van der Waals surface area (Å²) in [4.78, 5) is 10.5. The van der Waals surface area contributed by atoms with Crippen molar-refractivity contribution in [3.63, 3.8) is 0 Å². The molecular weight excluding hydrogens is 290 g/mol. The van der Waals surface area contributed by atoms with Crippen molar-refractivity contribution in [2.24, 2.45) is 0 Å². The Morgan fingerprint density at radius 2 is 2.00 bits per heavy atom. The zero-order valence-corrected chi connectivity index (χ0v) is 12.8. The lowest BCUT2D eigenvalue weighted by molar-refractivity contribution is -0.136. The first-order valence-electron chi connectivity index (χ1n) is 6.72. The second kappa shape index (κ2) is 6.74. The van der Waals surface area contributed by atoms with E-state index in [2.05, 4.69) is 10.4 Å². The highest BCUT2D eigenvalue weighted by Gasteiger charge is 2.12. The van der Waals surface area contributed by atoms with E-state index in [1.807, 2.05) is 42.8 Å². The molecule has 0 radical (unpaired) electrons. The molecule has 0 aliphatic rings. The van der Waals surface area contributed by atoms with Gasteiger partial charge in [-0.25, -0.2) is 4.68 Å². The summed E-state index contributed by atoms with van der Waals surface area (Å²) in [6.45, 7) is 5.01. The molecule has 2 rings (SSSR count). The predicted molar refractivity (Wildman–Crippen MR) is 82.0 cm³/mol. The number of carbonyl (C=O) groups is 1. The predicted octanol–water partition coefficient (Wildman–Crippen LogP) is 2.71. The minimum absolute atomic E-state index is 0.115. The van der Waals surface area contributed by atoms with E-state index in [0.717, 1.165) is 22.6 Å². The number of carboxylic acid groups (broad SMARTS) is 1. The number of aryl methyl sites for hydroxylation is 1. The highest BCUT2D eigenvalue weighted by molar-refractivity contribution is 6.30. The van der Waals surface area contributed by atoms with Crippen molar-refractivity contribution < 1.29 is 9.90 Å². The van der Waals surface area contributed by atoms with Gasteiger partial charge in [0.25, 0.3) is 0 Å². The lowest BCUT2D eigenvalue weighted by Gasteiger charge is -2.06. The maximum Gasteiger partial charge on any atom is 0.304 e. The number of halogens is 1. The SMILES string of the molecule is Cc1nn(-c2ccc(Cl)cc2)c(C)c1CNCCC(=O)O. The molecule has 0 atom stereocenters. The molecule has 0 aliphatic carbocycles. The highest BCUT2D eigenvalue weighted by Crippen LogP contribution is 2.19. The molecule has 6 heteroatoms. The van der Waals surface area contributed by atoms with E-state index in [-0.39, 0.29) is 6.42 Å². The second-order valence-electron chi connectivity index (χ2n) is 4.86. The summed E-state index contributed by atoms with van der Waals surface area (Å²) >= 11 is 5.90. The molecule has 1 aromatic heterocycles. The van der Waals surface area contributed by atoms with Gasteiger partial charge in [0.2, 0.25) is 0 Å². The minimum Gasteiger partial charge on any atom is -0.481 e. The molecule has 1 heterocycles. The Balaban J connectivity index is 2.13. The number of aliphatic carboxylic acids is 1. The Bertz CT molecular complexity index is 635. The number of hydrogen-bond acceptors (Lipinski definition) is 3. The summed E-state index contributed by atoms with van der Waals surface area (Å²) in [5.41, 5.74) is 4.02.